The molecule has 2 N–H and O–H groups in total. The second-order valence-electron chi connectivity index (χ2n) is 4.59. The van der Waals surface area contributed by atoms with Crippen molar-refractivity contribution in [3.05, 3.63) is 0 Å². The minimum absolute atomic E-state index is 0.0334. The van der Waals surface area contributed by atoms with E-state index in [0.717, 1.165) is 6.42 Å². The lowest BCUT2D eigenvalue weighted by atomic mass is 10.1. The van der Waals surface area contributed by atoms with Crippen molar-refractivity contribution in [3.8, 4) is 0 Å². The molecule has 0 bridgehead atoms. The van der Waals surface area contributed by atoms with Gasteiger partial charge in [-0.3, -0.25) is 4.79 Å². The summed E-state index contributed by atoms with van der Waals surface area (Å²) in [5, 5.41) is 11.7. The van der Waals surface area contributed by atoms with Crippen LogP contribution in [-0.4, -0.2) is 37.4 Å². The number of amides is 1. The maximum Gasteiger partial charge on any atom is 0.224 e. The molecule has 4 heteroatoms. The number of carbonyl (C=O) groups is 1. The number of carbonyl (C=O) groups excluding carboxylic acids is 1. The molecule has 0 aromatic rings. The van der Waals surface area contributed by atoms with Gasteiger partial charge in [-0.2, -0.15) is 0 Å². The fourth-order valence-electron chi connectivity index (χ4n) is 1.56. The molecule has 0 radical (unpaired) electrons. The minimum atomic E-state index is -0.274. The second kappa shape index (κ2) is 4.28. The van der Waals surface area contributed by atoms with E-state index in [1.54, 1.807) is 7.11 Å². The van der Waals surface area contributed by atoms with Crippen molar-refractivity contribution in [2.45, 2.75) is 26.3 Å². The molecule has 0 spiro atoms. The monoisotopic (exact) mass is 201 g/mol. The molecule has 82 valence electrons. The van der Waals surface area contributed by atoms with Gasteiger partial charge in [0.15, 0.2) is 0 Å². The van der Waals surface area contributed by atoms with Crippen molar-refractivity contribution < 1.29 is 14.6 Å². The number of ether oxygens (including phenoxy) is 1. The molecule has 4 nitrogen and oxygen atoms in total. The van der Waals surface area contributed by atoms with Gasteiger partial charge in [0.2, 0.25) is 5.91 Å². The lowest BCUT2D eigenvalue weighted by Crippen LogP contribution is -2.41. The van der Waals surface area contributed by atoms with Gasteiger partial charge < -0.3 is 15.2 Å². The molecular weight excluding hydrogens is 182 g/mol. The van der Waals surface area contributed by atoms with Crippen LogP contribution in [0.5, 0.6) is 0 Å². The summed E-state index contributed by atoms with van der Waals surface area (Å²) in [6.07, 6.45) is 0.934. The molecule has 0 heterocycles. The van der Waals surface area contributed by atoms with E-state index in [-0.39, 0.29) is 29.9 Å². The number of aliphatic hydroxyl groups excluding tert-OH is 1. The van der Waals surface area contributed by atoms with Crippen LogP contribution >= 0.6 is 0 Å². The third-order valence-electron chi connectivity index (χ3n) is 2.76. The van der Waals surface area contributed by atoms with E-state index in [1.165, 1.54) is 0 Å². The van der Waals surface area contributed by atoms with Crippen LogP contribution in [0.4, 0.5) is 0 Å². The predicted molar refractivity (Wildman–Crippen MR) is 52.8 cm³/mol. The highest BCUT2D eigenvalue weighted by Crippen LogP contribution is 2.51. The normalized spacial score (nSPS) is 25.6. The van der Waals surface area contributed by atoms with Gasteiger partial charge in [0.1, 0.15) is 0 Å². The summed E-state index contributed by atoms with van der Waals surface area (Å²) in [5.41, 5.74) is 0.136. The van der Waals surface area contributed by atoms with E-state index in [2.05, 4.69) is 19.2 Å². The van der Waals surface area contributed by atoms with Gasteiger partial charge >= 0.3 is 0 Å². The fourth-order valence-corrected chi connectivity index (χ4v) is 1.56. The van der Waals surface area contributed by atoms with E-state index in [0.29, 0.717) is 6.61 Å². The summed E-state index contributed by atoms with van der Waals surface area (Å²) in [7, 11) is 1.55. The first-order valence-electron chi connectivity index (χ1n) is 4.91. The quantitative estimate of drug-likeness (QED) is 0.666. The highest BCUT2D eigenvalue weighted by atomic mass is 16.5. The number of rotatable bonds is 5. The molecule has 2 unspecified atom stereocenters. The molecule has 1 fully saturated rings. The first kappa shape index (κ1) is 11.5. The Kier molecular flexibility index (Phi) is 3.50. The van der Waals surface area contributed by atoms with Crippen molar-refractivity contribution in [1.82, 2.24) is 5.32 Å². The zero-order chi connectivity index (χ0) is 10.8. The highest BCUT2D eigenvalue weighted by molar-refractivity contribution is 5.82. The second-order valence-corrected chi connectivity index (χ2v) is 4.59. The van der Waals surface area contributed by atoms with Gasteiger partial charge in [-0.15, -0.1) is 0 Å². The van der Waals surface area contributed by atoms with Crippen molar-refractivity contribution in [3.63, 3.8) is 0 Å². The van der Waals surface area contributed by atoms with E-state index in [4.69, 9.17) is 9.84 Å². The van der Waals surface area contributed by atoms with Crippen molar-refractivity contribution >= 4 is 5.91 Å². The molecule has 1 saturated carbocycles. The minimum Gasteiger partial charge on any atom is -0.394 e. The van der Waals surface area contributed by atoms with Crippen LogP contribution in [0.25, 0.3) is 0 Å². The Balaban J connectivity index is 2.33. The lowest BCUT2D eigenvalue weighted by molar-refractivity contribution is -0.124. The number of hydrogen-bond donors (Lipinski definition) is 2. The summed E-state index contributed by atoms with van der Waals surface area (Å²) in [5.74, 6) is 0.138. The SMILES string of the molecule is COCC(CO)NC(=O)C1CC1(C)C. The molecule has 1 rings (SSSR count). The summed E-state index contributed by atoms with van der Waals surface area (Å²) >= 11 is 0. The van der Waals surface area contributed by atoms with Gasteiger partial charge in [0, 0.05) is 13.0 Å². The largest absolute Gasteiger partial charge is 0.394 e. The molecule has 14 heavy (non-hydrogen) atoms. The third kappa shape index (κ3) is 2.69. The Morgan fingerprint density at radius 1 is 1.71 bits per heavy atom. The average Bonchev–Trinajstić information content (AvgIpc) is 2.74. The summed E-state index contributed by atoms with van der Waals surface area (Å²) in [6.45, 7) is 4.42. The first-order valence-corrected chi connectivity index (χ1v) is 4.91. The Hall–Kier alpha value is -0.610. The zero-order valence-electron chi connectivity index (χ0n) is 9.04. The van der Waals surface area contributed by atoms with Gasteiger partial charge in [-0.05, 0) is 11.8 Å². The van der Waals surface area contributed by atoms with Gasteiger partial charge in [-0.25, -0.2) is 0 Å². The number of nitrogens with one attached hydrogen (secondary N) is 1. The smallest absolute Gasteiger partial charge is 0.224 e. The number of methoxy groups -OCH3 is 1. The topological polar surface area (TPSA) is 58.6 Å². The average molecular weight is 201 g/mol. The van der Waals surface area contributed by atoms with Crippen LogP contribution in [0.15, 0.2) is 0 Å². The van der Waals surface area contributed by atoms with Crippen LogP contribution in [-0.2, 0) is 9.53 Å². The molecule has 0 saturated heterocycles. The third-order valence-corrected chi connectivity index (χ3v) is 2.76. The molecule has 1 amide bonds. The fraction of sp³-hybridized carbons (Fsp3) is 0.900. The Morgan fingerprint density at radius 3 is 2.64 bits per heavy atom. The molecule has 2 atom stereocenters. The first-order chi connectivity index (χ1) is 6.51. The number of hydrogen-bond acceptors (Lipinski definition) is 3. The molecule has 0 aromatic carbocycles. The van der Waals surface area contributed by atoms with E-state index >= 15 is 0 Å². The van der Waals surface area contributed by atoms with Gasteiger partial charge in [-0.1, -0.05) is 13.8 Å². The van der Waals surface area contributed by atoms with Crippen molar-refractivity contribution in [2.24, 2.45) is 11.3 Å². The standard InChI is InChI=1S/C10H19NO3/c1-10(2)4-8(10)9(13)11-7(5-12)6-14-3/h7-8,12H,4-6H2,1-3H3,(H,11,13). The Labute approximate surface area is 84.6 Å². The molecule has 0 aliphatic heterocycles. The van der Waals surface area contributed by atoms with Crippen LogP contribution in [0.2, 0.25) is 0 Å². The molecule has 1 aliphatic rings. The van der Waals surface area contributed by atoms with Gasteiger partial charge in [0.25, 0.3) is 0 Å². The maximum atomic E-state index is 11.6. The van der Waals surface area contributed by atoms with E-state index in [1.807, 2.05) is 0 Å². The van der Waals surface area contributed by atoms with Gasteiger partial charge in [0.05, 0.1) is 19.3 Å². The predicted octanol–water partition coefficient (Wildman–Crippen LogP) is 0.156. The molecule has 1 aliphatic carbocycles. The summed E-state index contributed by atoms with van der Waals surface area (Å²) in [4.78, 5) is 11.6. The maximum absolute atomic E-state index is 11.6. The molecule has 0 aromatic heterocycles. The summed E-state index contributed by atoms with van der Waals surface area (Å²) < 4.78 is 4.87. The van der Waals surface area contributed by atoms with Crippen LogP contribution in [0.3, 0.4) is 0 Å². The van der Waals surface area contributed by atoms with Crippen LogP contribution in [0, 0.1) is 11.3 Å². The summed E-state index contributed by atoms with van der Waals surface area (Å²) in [6, 6.07) is -0.274. The van der Waals surface area contributed by atoms with Crippen molar-refractivity contribution in [2.75, 3.05) is 20.3 Å². The number of aliphatic hydroxyl groups is 1. The van der Waals surface area contributed by atoms with E-state index < -0.39 is 0 Å². The molecular formula is C10H19NO3. The highest BCUT2D eigenvalue weighted by Gasteiger charge is 2.50. The Bertz CT molecular complexity index is 215. The van der Waals surface area contributed by atoms with Crippen LogP contribution < -0.4 is 5.32 Å². The zero-order valence-corrected chi connectivity index (χ0v) is 9.04. The Morgan fingerprint density at radius 2 is 2.29 bits per heavy atom. The lowest BCUT2D eigenvalue weighted by Gasteiger charge is -2.15. The van der Waals surface area contributed by atoms with E-state index in [9.17, 15) is 4.79 Å². The van der Waals surface area contributed by atoms with Crippen LogP contribution in [0.1, 0.15) is 20.3 Å². The van der Waals surface area contributed by atoms with Crippen molar-refractivity contribution in [1.29, 1.82) is 0 Å².